The summed E-state index contributed by atoms with van der Waals surface area (Å²) in [7, 11) is 0. The molecule has 0 saturated heterocycles. The summed E-state index contributed by atoms with van der Waals surface area (Å²) in [4.78, 5) is 19.2. The van der Waals surface area contributed by atoms with E-state index in [9.17, 15) is 4.79 Å². The number of H-pyrrole nitrogens is 2. The first-order valence-electron chi connectivity index (χ1n) is 6.91. The molecule has 4 aromatic rings. The fourth-order valence-electron chi connectivity index (χ4n) is 2.63. The van der Waals surface area contributed by atoms with Gasteiger partial charge in [0.15, 0.2) is 5.82 Å². The lowest BCUT2D eigenvalue weighted by atomic mass is 10.1. The van der Waals surface area contributed by atoms with Crippen molar-refractivity contribution in [2.45, 2.75) is 6.92 Å². The molecule has 6 heteroatoms. The van der Waals surface area contributed by atoms with Crippen LogP contribution in [0, 0.1) is 6.92 Å². The molecular weight excluding hydrogens is 278 g/mol. The van der Waals surface area contributed by atoms with Gasteiger partial charge in [0.1, 0.15) is 5.65 Å². The van der Waals surface area contributed by atoms with Crippen LogP contribution < -0.4 is 10.9 Å². The Bertz CT molecular complexity index is 1050. The fraction of sp³-hybridized carbons (Fsp3) is 0.0625. The highest BCUT2D eigenvalue weighted by Gasteiger charge is 2.10. The number of hydrogen-bond donors (Lipinski definition) is 3. The maximum atomic E-state index is 12.1. The third-order valence-corrected chi connectivity index (χ3v) is 3.59. The van der Waals surface area contributed by atoms with Crippen molar-refractivity contribution in [3.8, 4) is 0 Å². The number of aromatic amines is 2. The standard InChI is InChI=1S/C16H13N5O/c1-9-8-13(21-20-9)18-12-6-7-17-15-14(12)10-4-2-3-5-11(10)16(22)19-15/h2-8H,1H3,(H3,17,18,19,20,21,22). The molecule has 108 valence electrons. The van der Waals surface area contributed by atoms with Crippen LogP contribution >= 0.6 is 0 Å². The molecule has 0 unspecified atom stereocenters. The Labute approximate surface area is 125 Å². The maximum Gasteiger partial charge on any atom is 0.257 e. The average Bonchev–Trinajstić information content (AvgIpc) is 2.93. The highest BCUT2D eigenvalue weighted by Crippen LogP contribution is 2.28. The molecule has 0 aliphatic carbocycles. The fourth-order valence-corrected chi connectivity index (χ4v) is 2.63. The topological polar surface area (TPSA) is 86.5 Å². The second-order valence-electron chi connectivity index (χ2n) is 5.14. The zero-order chi connectivity index (χ0) is 15.1. The van der Waals surface area contributed by atoms with Crippen LogP contribution in [0.15, 0.2) is 47.4 Å². The third kappa shape index (κ3) is 1.93. The molecule has 0 bridgehead atoms. The number of nitrogens with zero attached hydrogens (tertiary/aromatic N) is 2. The first-order valence-corrected chi connectivity index (χ1v) is 6.91. The second kappa shape index (κ2) is 4.70. The van der Waals surface area contributed by atoms with Gasteiger partial charge in [-0.3, -0.25) is 9.89 Å². The zero-order valence-corrected chi connectivity index (χ0v) is 11.8. The highest BCUT2D eigenvalue weighted by molar-refractivity contribution is 6.10. The molecule has 22 heavy (non-hydrogen) atoms. The van der Waals surface area contributed by atoms with E-state index in [0.29, 0.717) is 11.0 Å². The number of hydrogen-bond acceptors (Lipinski definition) is 4. The van der Waals surface area contributed by atoms with Crippen LogP contribution in [0.2, 0.25) is 0 Å². The van der Waals surface area contributed by atoms with Crippen LogP contribution in [-0.4, -0.2) is 20.2 Å². The van der Waals surface area contributed by atoms with Gasteiger partial charge in [0, 0.05) is 34.1 Å². The summed E-state index contributed by atoms with van der Waals surface area (Å²) in [6.07, 6.45) is 1.66. The van der Waals surface area contributed by atoms with Gasteiger partial charge in [0.05, 0.1) is 5.69 Å². The van der Waals surface area contributed by atoms with Gasteiger partial charge < -0.3 is 10.3 Å². The molecule has 3 aromatic heterocycles. The Morgan fingerprint density at radius 2 is 1.95 bits per heavy atom. The van der Waals surface area contributed by atoms with Crippen LogP contribution in [-0.2, 0) is 0 Å². The number of fused-ring (bicyclic) bond motifs is 3. The molecule has 0 saturated carbocycles. The van der Waals surface area contributed by atoms with Crippen LogP contribution in [0.1, 0.15) is 5.69 Å². The quantitative estimate of drug-likeness (QED) is 0.496. The Balaban J connectivity index is 2.02. The van der Waals surface area contributed by atoms with Crippen LogP contribution in [0.25, 0.3) is 21.8 Å². The summed E-state index contributed by atoms with van der Waals surface area (Å²) in [6.45, 7) is 1.94. The summed E-state index contributed by atoms with van der Waals surface area (Å²) >= 11 is 0. The van der Waals surface area contributed by atoms with E-state index in [4.69, 9.17) is 0 Å². The normalized spacial score (nSPS) is 11.1. The SMILES string of the molecule is Cc1cc(Nc2ccnc3[nH]c(=O)c4ccccc4c23)n[nH]1. The number of rotatable bonds is 2. The van der Waals surface area contributed by atoms with Crippen molar-refractivity contribution in [3.63, 3.8) is 0 Å². The predicted molar refractivity (Wildman–Crippen MR) is 86.5 cm³/mol. The van der Waals surface area contributed by atoms with E-state index >= 15 is 0 Å². The molecule has 1 aromatic carbocycles. The first kappa shape index (κ1) is 12.6. The number of anilines is 2. The van der Waals surface area contributed by atoms with Crippen molar-refractivity contribution in [3.05, 3.63) is 58.6 Å². The lowest BCUT2D eigenvalue weighted by Gasteiger charge is -2.09. The molecule has 0 radical (unpaired) electrons. The van der Waals surface area contributed by atoms with E-state index in [-0.39, 0.29) is 5.56 Å². The minimum absolute atomic E-state index is 0.136. The van der Waals surface area contributed by atoms with E-state index in [0.717, 1.165) is 28.0 Å². The van der Waals surface area contributed by atoms with E-state index in [1.165, 1.54) is 0 Å². The molecule has 0 aliphatic rings. The molecule has 3 heterocycles. The van der Waals surface area contributed by atoms with Gasteiger partial charge in [-0.25, -0.2) is 4.98 Å². The van der Waals surface area contributed by atoms with E-state index < -0.39 is 0 Å². The number of pyridine rings is 2. The number of aryl methyl sites for hydroxylation is 1. The summed E-state index contributed by atoms with van der Waals surface area (Å²) < 4.78 is 0. The number of aromatic nitrogens is 4. The highest BCUT2D eigenvalue weighted by atomic mass is 16.1. The number of nitrogens with one attached hydrogen (secondary N) is 3. The van der Waals surface area contributed by atoms with Crippen molar-refractivity contribution in [2.75, 3.05) is 5.32 Å². The van der Waals surface area contributed by atoms with E-state index in [1.807, 2.05) is 43.3 Å². The lowest BCUT2D eigenvalue weighted by molar-refractivity contribution is 1.05. The van der Waals surface area contributed by atoms with Gasteiger partial charge in [0.25, 0.3) is 5.56 Å². The molecule has 3 N–H and O–H groups in total. The zero-order valence-electron chi connectivity index (χ0n) is 11.8. The van der Waals surface area contributed by atoms with Crippen LogP contribution in [0.5, 0.6) is 0 Å². The van der Waals surface area contributed by atoms with Gasteiger partial charge in [-0.05, 0) is 19.1 Å². The molecule has 0 spiro atoms. The summed E-state index contributed by atoms with van der Waals surface area (Å²) in [6, 6.07) is 11.3. The smallest absolute Gasteiger partial charge is 0.257 e. The van der Waals surface area contributed by atoms with Crippen molar-refractivity contribution in [1.29, 1.82) is 0 Å². The number of benzene rings is 1. The van der Waals surface area contributed by atoms with Crippen molar-refractivity contribution in [1.82, 2.24) is 20.2 Å². The Kier molecular flexibility index (Phi) is 2.69. The van der Waals surface area contributed by atoms with E-state index in [2.05, 4.69) is 25.5 Å². The summed E-state index contributed by atoms with van der Waals surface area (Å²) in [5.74, 6) is 0.722. The molecule has 0 aliphatic heterocycles. The van der Waals surface area contributed by atoms with Gasteiger partial charge in [-0.2, -0.15) is 5.10 Å². The molecule has 4 rings (SSSR count). The van der Waals surface area contributed by atoms with Gasteiger partial charge in [-0.1, -0.05) is 18.2 Å². The Hall–Kier alpha value is -3.15. The van der Waals surface area contributed by atoms with Crippen molar-refractivity contribution < 1.29 is 0 Å². The van der Waals surface area contributed by atoms with Gasteiger partial charge in [0.2, 0.25) is 0 Å². The maximum absolute atomic E-state index is 12.1. The first-order chi connectivity index (χ1) is 10.7. The molecule has 0 amide bonds. The third-order valence-electron chi connectivity index (χ3n) is 3.59. The molecular formula is C16H13N5O. The lowest BCUT2D eigenvalue weighted by Crippen LogP contribution is -2.08. The Morgan fingerprint density at radius 1 is 1.14 bits per heavy atom. The van der Waals surface area contributed by atoms with E-state index in [1.54, 1.807) is 6.20 Å². The van der Waals surface area contributed by atoms with Crippen LogP contribution in [0.3, 0.4) is 0 Å². The second-order valence-corrected chi connectivity index (χ2v) is 5.14. The Morgan fingerprint density at radius 3 is 2.73 bits per heavy atom. The van der Waals surface area contributed by atoms with Crippen molar-refractivity contribution in [2.24, 2.45) is 0 Å². The molecule has 6 nitrogen and oxygen atoms in total. The predicted octanol–water partition coefficient (Wildman–Crippen LogP) is 2.85. The largest absolute Gasteiger partial charge is 0.338 e. The summed E-state index contributed by atoms with van der Waals surface area (Å²) in [5.41, 5.74) is 2.24. The van der Waals surface area contributed by atoms with Crippen LogP contribution in [0.4, 0.5) is 11.5 Å². The average molecular weight is 291 g/mol. The monoisotopic (exact) mass is 291 g/mol. The minimum Gasteiger partial charge on any atom is -0.338 e. The van der Waals surface area contributed by atoms with Gasteiger partial charge >= 0.3 is 0 Å². The molecule has 0 fully saturated rings. The van der Waals surface area contributed by atoms with Gasteiger partial charge in [-0.15, -0.1) is 0 Å². The van der Waals surface area contributed by atoms with Crippen molar-refractivity contribution >= 4 is 33.3 Å². The molecule has 0 atom stereocenters. The summed E-state index contributed by atoms with van der Waals surface area (Å²) in [5, 5.41) is 12.7. The minimum atomic E-state index is -0.136.